The molecule has 6 nitrogen and oxygen atoms in total. The fourth-order valence-electron chi connectivity index (χ4n) is 11.2. The lowest BCUT2D eigenvalue weighted by atomic mass is 10.0. The van der Waals surface area contributed by atoms with Crippen molar-refractivity contribution >= 4 is 11.9 Å². The van der Waals surface area contributed by atoms with Crippen LogP contribution in [-0.4, -0.2) is 47.4 Å². The minimum atomic E-state index is -0.662. The fourth-order valence-corrected chi connectivity index (χ4v) is 11.2. The number of aliphatic hydroxyl groups excluding tert-OH is 2. The number of aliphatic hydroxyl groups is 2. The molecule has 2 unspecified atom stereocenters. The van der Waals surface area contributed by atoms with Gasteiger partial charge < -0.3 is 20.3 Å². The van der Waals surface area contributed by atoms with E-state index in [0.29, 0.717) is 25.9 Å². The van der Waals surface area contributed by atoms with Crippen LogP contribution in [0.2, 0.25) is 0 Å². The molecule has 0 saturated carbocycles. The molecule has 3 N–H and O–H groups in total. The molecule has 0 bridgehead atoms. The molecule has 442 valence electrons. The monoisotopic (exact) mass is 1050 g/mol. The third-order valence-electron chi connectivity index (χ3n) is 16.4. The highest BCUT2D eigenvalue weighted by molar-refractivity contribution is 5.76. The second-order valence-electron chi connectivity index (χ2n) is 23.9. The zero-order valence-electron chi connectivity index (χ0n) is 50.6. The molecule has 0 heterocycles. The highest BCUT2D eigenvalue weighted by Gasteiger charge is 2.20. The number of ether oxygens (including phenoxy) is 1. The van der Waals surface area contributed by atoms with Crippen molar-refractivity contribution in [2.24, 2.45) is 0 Å². The van der Waals surface area contributed by atoms with Crippen molar-refractivity contribution in [3.63, 3.8) is 0 Å². The molecule has 0 radical (unpaired) electrons. The van der Waals surface area contributed by atoms with Crippen LogP contribution in [0.15, 0.2) is 0 Å². The van der Waals surface area contributed by atoms with Crippen LogP contribution in [0.3, 0.4) is 0 Å². The Hall–Kier alpha value is -1.14. The lowest BCUT2D eigenvalue weighted by molar-refractivity contribution is -0.143. The van der Waals surface area contributed by atoms with Gasteiger partial charge in [-0.25, -0.2) is 0 Å². The summed E-state index contributed by atoms with van der Waals surface area (Å²) < 4.78 is 5.50. The number of amides is 1. The van der Waals surface area contributed by atoms with Crippen molar-refractivity contribution in [3.8, 4) is 0 Å². The van der Waals surface area contributed by atoms with Crippen molar-refractivity contribution < 1.29 is 24.5 Å². The molecule has 0 aliphatic rings. The van der Waals surface area contributed by atoms with Crippen molar-refractivity contribution in [2.45, 2.75) is 411 Å². The van der Waals surface area contributed by atoms with Crippen molar-refractivity contribution in [3.05, 3.63) is 0 Å². The summed E-state index contributed by atoms with van der Waals surface area (Å²) in [7, 11) is 0. The van der Waals surface area contributed by atoms with Gasteiger partial charge >= 0.3 is 5.97 Å². The van der Waals surface area contributed by atoms with Crippen LogP contribution < -0.4 is 5.32 Å². The first-order valence-corrected chi connectivity index (χ1v) is 34.3. The summed E-state index contributed by atoms with van der Waals surface area (Å²) >= 11 is 0. The molecule has 0 aliphatic carbocycles. The summed E-state index contributed by atoms with van der Waals surface area (Å²) in [5.41, 5.74) is 0. The number of hydrogen-bond donors (Lipinski definition) is 3. The van der Waals surface area contributed by atoms with E-state index in [1.165, 1.54) is 327 Å². The van der Waals surface area contributed by atoms with Gasteiger partial charge in [0.15, 0.2) is 0 Å². The Balaban J connectivity index is 3.34. The van der Waals surface area contributed by atoms with Gasteiger partial charge in [0.1, 0.15) is 0 Å². The second kappa shape index (κ2) is 64.4. The molecule has 1 amide bonds. The lowest BCUT2D eigenvalue weighted by Gasteiger charge is -2.22. The predicted molar refractivity (Wildman–Crippen MR) is 324 cm³/mol. The number of nitrogens with one attached hydrogen (secondary N) is 1. The van der Waals surface area contributed by atoms with E-state index in [4.69, 9.17) is 4.74 Å². The third kappa shape index (κ3) is 60.1. The maximum Gasteiger partial charge on any atom is 0.305 e. The van der Waals surface area contributed by atoms with Gasteiger partial charge in [0.2, 0.25) is 5.91 Å². The van der Waals surface area contributed by atoms with E-state index < -0.39 is 12.1 Å². The number of carbonyl (C=O) groups is 2. The predicted octanol–water partition coefficient (Wildman–Crippen LogP) is 21.8. The van der Waals surface area contributed by atoms with E-state index in [2.05, 4.69) is 19.2 Å². The first-order chi connectivity index (χ1) is 36.5. The Labute approximate surface area is 464 Å². The summed E-state index contributed by atoms with van der Waals surface area (Å²) in [6, 6.07) is -0.540. The average molecular weight is 1050 g/mol. The van der Waals surface area contributed by atoms with E-state index >= 15 is 0 Å². The first-order valence-electron chi connectivity index (χ1n) is 34.3. The molecule has 0 rings (SSSR count). The number of esters is 1. The van der Waals surface area contributed by atoms with Gasteiger partial charge in [-0.15, -0.1) is 0 Å². The molecule has 6 heteroatoms. The summed E-state index contributed by atoms with van der Waals surface area (Å²) in [6.07, 6.45) is 77.1. The Morgan fingerprint density at radius 2 is 0.554 bits per heavy atom. The van der Waals surface area contributed by atoms with Gasteiger partial charge in [-0.2, -0.15) is 0 Å². The number of carbonyl (C=O) groups excluding carboxylic acids is 2. The number of hydrogen-bond acceptors (Lipinski definition) is 5. The van der Waals surface area contributed by atoms with E-state index in [0.717, 1.165) is 38.5 Å². The normalized spacial score (nSPS) is 12.4. The zero-order chi connectivity index (χ0) is 53.6. The molecule has 0 aromatic carbocycles. The average Bonchev–Trinajstić information content (AvgIpc) is 3.40. The molecule has 0 spiro atoms. The molecule has 0 saturated heterocycles. The van der Waals surface area contributed by atoms with Crippen LogP contribution in [0, 0.1) is 0 Å². The topological polar surface area (TPSA) is 95.9 Å². The van der Waals surface area contributed by atoms with Gasteiger partial charge in [-0.1, -0.05) is 361 Å². The second-order valence-corrected chi connectivity index (χ2v) is 23.9. The van der Waals surface area contributed by atoms with Crippen LogP contribution in [0.4, 0.5) is 0 Å². The van der Waals surface area contributed by atoms with Crippen LogP contribution in [-0.2, 0) is 14.3 Å². The van der Waals surface area contributed by atoms with Gasteiger partial charge in [-0.05, 0) is 25.7 Å². The van der Waals surface area contributed by atoms with Crippen LogP contribution in [0.1, 0.15) is 399 Å². The van der Waals surface area contributed by atoms with Gasteiger partial charge in [0, 0.05) is 12.8 Å². The van der Waals surface area contributed by atoms with Crippen LogP contribution in [0.5, 0.6) is 0 Å². The fraction of sp³-hybridized carbons (Fsp3) is 0.971. The van der Waals surface area contributed by atoms with E-state index in [9.17, 15) is 19.8 Å². The lowest BCUT2D eigenvalue weighted by Crippen LogP contribution is -2.45. The third-order valence-corrected chi connectivity index (χ3v) is 16.4. The van der Waals surface area contributed by atoms with Crippen molar-refractivity contribution in [1.82, 2.24) is 5.32 Å². The maximum absolute atomic E-state index is 12.5. The largest absolute Gasteiger partial charge is 0.466 e. The number of rotatable bonds is 65. The molecule has 0 fully saturated rings. The molecular weight excluding hydrogens is 911 g/mol. The molecule has 2 atom stereocenters. The quantitative estimate of drug-likeness (QED) is 0.0417. The molecule has 0 aliphatic heterocycles. The van der Waals surface area contributed by atoms with Gasteiger partial charge in [0.25, 0.3) is 0 Å². The van der Waals surface area contributed by atoms with Gasteiger partial charge in [-0.3, -0.25) is 9.59 Å². The Morgan fingerprint density at radius 1 is 0.324 bits per heavy atom. The summed E-state index contributed by atoms with van der Waals surface area (Å²) in [6.45, 7) is 5.00. The highest BCUT2D eigenvalue weighted by atomic mass is 16.5. The van der Waals surface area contributed by atoms with E-state index in [-0.39, 0.29) is 18.5 Å². The minimum absolute atomic E-state index is 0.0203. The smallest absolute Gasteiger partial charge is 0.305 e. The van der Waals surface area contributed by atoms with Crippen LogP contribution >= 0.6 is 0 Å². The molecule has 0 aromatic heterocycles. The Bertz CT molecular complexity index is 1070. The summed E-state index contributed by atoms with van der Waals surface area (Å²) in [4.78, 5) is 24.6. The molecular formula is C68H135NO5. The van der Waals surface area contributed by atoms with Gasteiger partial charge in [0.05, 0.1) is 25.4 Å². The van der Waals surface area contributed by atoms with Crippen molar-refractivity contribution in [2.75, 3.05) is 13.2 Å². The van der Waals surface area contributed by atoms with Crippen molar-refractivity contribution in [1.29, 1.82) is 0 Å². The SMILES string of the molecule is CCCCCCCCCCCCCCCCCCCC(O)C(CO)NC(=O)CCCCCCCCCCCCCCCCCCCCCCCCCCOC(=O)CCCCCCCCCCCCCCCCCC. The Kier molecular flexibility index (Phi) is 63.4. The first kappa shape index (κ1) is 72.9. The standard InChI is InChI=1S/C68H135NO5/c1-3-5-7-9-11-13-15-17-19-29-32-36-40-44-48-52-56-60-66(71)65(64-70)69-67(72)61-57-53-49-45-41-37-33-30-27-25-23-21-22-24-26-28-31-35-39-43-47-51-55-59-63-74-68(73)62-58-54-50-46-42-38-34-20-18-16-14-12-10-8-6-4-2/h65-66,70-71H,3-64H2,1-2H3,(H,69,72). The Morgan fingerprint density at radius 3 is 0.824 bits per heavy atom. The maximum atomic E-state index is 12.5. The summed E-state index contributed by atoms with van der Waals surface area (Å²) in [5, 5.41) is 23.4. The molecule has 74 heavy (non-hydrogen) atoms. The minimum Gasteiger partial charge on any atom is -0.466 e. The zero-order valence-corrected chi connectivity index (χ0v) is 50.6. The number of unbranched alkanes of at least 4 members (excludes halogenated alkanes) is 54. The van der Waals surface area contributed by atoms with E-state index in [1.807, 2.05) is 0 Å². The van der Waals surface area contributed by atoms with Crippen LogP contribution in [0.25, 0.3) is 0 Å². The molecule has 0 aromatic rings. The van der Waals surface area contributed by atoms with E-state index in [1.54, 1.807) is 0 Å². The highest BCUT2D eigenvalue weighted by Crippen LogP contribution is 2.19. The summed E-state index contributed by atoms with van der Waals surface area (Å²) in [5.74, 6) is -0.00919.